The van der Waals surface area contributed by atoms with E-state index < -0.39 is 0 Å². The molecule has 8 heteroatoms. The summed E-state index contributed by atoms with van der Waals surface area (Å²) in [6.45, 7) is 2.30. The minimum Gasteiger partial charge on any atom is -0.481 e. The van der Waals surface area contributed by atoms with Gasteiger partial charge in [0.1, 0.15) is 11.0 Å². The van der Waals surface area contributed by atoms with Crippen LogP contribution in [-0.2, 0) is 13.1 Å². The van der Waals surface area contributed by atoms with E-state index in [0.29, 0.717) is 23.7 Å². The highest BCUT2D eigenvalue weighted by molar-refractivity contribution is 6.33. The molecule has 0 aliphatic carbocycles. The molecule has 6 nitrogen and oxygen atoms in total. The summed E-state index contributed by atoms with van der Waals surface area (Å²) >= 11 is 6.37. The highest BCUT2D eigenvalue weighted by Gasteiger charge is 2.20. The van der Waals surface area contributed by atoms with E-state index >= 15 is 0 Å². The van der Waals surface area contributed by atoms with Gasteiger partial charge in [-0.25, -0.2) is 14.1 Å². The third kappa shape index (κ3) is 4.25. The van der Waals surface area contributed by atoms with Crippen LogP contribution < -0.4 is 10.1 Å². The Morgan fingerprint density at radius 2 is 2.04 bits per heavy atom. The average Bonchev–Trinajstić information content (AvgIpc) is 2.95. The van der Waals surface area contributed by atoms with Gasteiger partial charge in [-0.05, 0) is 30.7 Å². The van der Waals surface area contributed by atoms with E-state index in [1.807, 2.05) is 6.07 Å². The number of carbonyl (C=O) groups excluding carboxylic acids is 1. The first-order valence-corrected chi connectivity index (χ1v) is 8.61. The van der Waals surface area contributed by atoms with Crippen molar-refractivity contribution in [2.45, 2.75) is 20.0 Å². The predicted octanol–water partition coefficient (Wildman–Crippen LogP) is 3.37. The smallest absolute Gasteiger partial charge is 0.256 e. The standard InChI is InChI=1S/C19H18ClFN4O2/c1-12-16(18(26)23-10-14-4-3-9-22-19(14)27-2)17(20)25(24-12)11-13-5-7-15(21)8-6-13/h3-9H,10-11H2,1-2H3,(H,23,26). The molecule has 3 aromatic rings. The lowest BCUT2D eigenvalue weighted by Gasteiger charge is -2.08. The van der Waals surface area contributed by atoms with Crippen molar-refractivity contribution in [1.29, 1.82) is 0 Å². The molecule has 0 fully saturated rings. The van der Waals surface area contributed by atoms with Crippen molar-refractivity contribution in [3.8, 4) is 5.88 Å². The van der Waals surface area contributed by atoms with Crippen molar-refractivity contribution >= 4 is 17.5 Å². The van der Waals surface area contributed by atoms with Crippen LogP contribution in [-0.4, -0.2) is 27.8 Å². The number of carbonyl (C=O) groups is 1. The number of amides is 1. The van der Waals surface area contributed by atoms with Gasteiger partial charge in [0, 0.05) is 18.3 Å². The fourth-order valence-electron chi connectivity index (χ4n) is 2.69. The van der Waals surface area contributed by atoms with Crippen molar-refractivity contribution < 1.29 is 13.9 Å². The molecule has 1 N–H and O–H groups in total. The van der Waals surface area contributed by atoms with Crippen molar-refractivity contribution in [3.05, 3.63) is 75.9 Å². The third-order valence-electron chi connectivity index (χ3n) is 4.02. The molecule has 1 aromatic carbocycles. The quantitative estimate of drug-likeness (QED) is 0.703. The number of hydrogen-bond acceptors (Lipinski definition) is 4. The zero-order valence-corrected chi connectivity index (χ0v) is 15.6. The molecule has 0 spiro atoms. The Kier molecular flexibility index (Phi) is 5.71. The number of methoxy groups -OCH3 is 1. The highest BCUT2D eigenvalue weighted by atomic mass is 35.5. The zero-order chi connectivity index (χ0) is 19.4. The van der Waals surface area contributed by atoms with Crippen LogP contribution in [0.3, 0.4) is 0 Å². The summed E-state index contributed by atoms with van der Waals surface area (Å²) in [6.07, 6.45) is 1.62. The lowest BCUT2D eigenvalue weighted by Crippen LogP contribution is -2.24. The summed E-state index contributed by atoms with van der Waals surface area (Å²) in [4.78, 5) is 16.7. The van der Waals surface area contributed by atoms with Gasteiger partial charge in [-0.1, -0.05) is 29.8 Å². The van der Waals surface area contributed by atoms with Gasteiger partial charge in [0.2, 0.25) is 5.88 Å². The van der Waals surface area contributed by atoms with Gasteiger partial charge in [0.05, 0.1) is 24.9 Å². The molecule has 2 heterocycles. The molecular formula is C19H18ClFN4O2. The molecule has 0 unspecified atom stereocenters. The summed E-state index contributed by atoms with van der Waals surface area (Å²) in [7, 11) is 1.52. The maximum Gasteiger partial charge on any atom is 0.256 e. The number of halogens is 2. The monoisotopic (exact) mass is 388 g/mol. The van der Waals surface area contributed by atoms with E-state index in [4.69, 9.17) is 16.3 Å². The van der Waals surface area contributed by atoms with Crippen LogP contribution in [0.4, 0.5) is 4.39 Å². The first-order valence-electron chi connectivity index (χ1n) is 8.23. The normalized spacial score (nSPS) is 10.7. The van der Waals surface area contributed by atoms with Gasteiger partial charge in [-0.3, -0.25) is 4.79 Å². The molecule has 0 atom stereocenters. The molecule has 0 radical (unpaired) electrons. The Hall–Kier alpha value is -2.93. The largest absolute Gasteiger partial charge is 0.481 e. The van der Waals surface area contributed by atoms with Gasteiger partial charge >= 0.3 is 0 Å². The summed E-state index contributed by atoms with van der Waals surface area (Å²) < 4.78 is 19.7. The Labute approximate surface area is 160 Å². The molecule has 0 aliphatic rings. The number of aryl methyl sites for hydroxylation is 1. The number of pyridine rings is 1. The first kappa shape index (κ1) is 18.8. The molecule has 27 heavy (non-hydrogen) atoms. The van der Waals surface area contributed by atoms with Crippen molar-refractivity contribution in [3.63, 3.8) is 0 Å². The van der Waals surface area contributed by atoms with Gasteiger partial charge < -0.3 is 10.1 Å². The van der Waals surface area contributed by atoms with E-state index in [9.17, 15) is 9.18 Å². The number of benzene rings is 1. The number of aromatic nitrogens is 3. The fraction of sp³-hybridized carbons (Fsp3) is 0.211. The van der Waals surface area contributed by atoms with Gasteiger partial charge in [0.25, 0.3) is 5.91 Å². The topological polar surface area (TPSA) is 69.0 Å². The lowest BCUT2D eigenvalue weighted by molar-refractivity contribution is 0.0950. The number of nitrogens with one attached hydrogen (secondary N) is 1. The van der Waals surface area contributed by atoms with Crippen LogP contribution in [0.2, 0.25) is 5.15 Å². The number of nitrogens with zero attached hydrogens (tertiary/aromatic N) is 3. The summed E-state index contributed by atoms with van der Waals surface area (Å²) in [5.41, 5.74) is 2.40. The molecule has 2 aromatic heterocycles. The maximum atomic E-state index is 13.0. The fourth-order valence-corrected chi connectivity index (χ4v) is 3.01. The zero-order valence-electron chi connectivity index (χ0n) is 14.9. The Morgan fingerprint density at radius 1 is 1.30 bits per heavy atom. The second kappa shape index (κ2) is 8.18. The number of ether oxygens (including phenoxy) is 1. The number of hydrogen-bond donors (Lipinski definition) is 1. The number of rotatable bonds is 6. The Bertz CT molecular complexity index is 957. The van der Waals surface area contributed by atoms with Crippen LogP contribution in [0.5, 0.6) is 5.88 Å². The maximum absolute atomic E-state index is 13.0. The van der Waals surface area contributed by atoms with Crippen LogP contribution in [0.25, 0.3) is 0 Å². The molecule has 0 saturated carbocycles. The van der Waals surface area contributed by atoms with E-state index in [2.05, 4.69) is 15.4 Å². The molecule has 0 aliphatic heterocycles. The molecule has 0 bridgehead atoms. The molecule has 140 valence electrons. The minimum atomic E-state index is -0.339. The van der Waals surface area contributed by atoms with Crippen molar-refractivity contribution in [1.82, 2.24) is 20.1 Å². The van der Waals surface area contributed by atoms with E-state index in [-0.39, 0.29) is 23.4 Å². The van der Waals surface area contributed by atoms with Crippen LogP contribution in [0.1, 0.15) is 27.2 Å². The highest BCUT2D eigenvalue weighted by Crippen LogP contribution is 2.21. The lowest BCUT2D eigenvalue weighted by atomic mass is 10.2. The minimum absolute atomic E-state index is 0.229. The second-order valence-corrected chi connectivity index (χ2v) is 6.25. The van der Waals surface area contributed by atoms with E-state index in [1.54, 1.807) is 31.3 Å². The third-order valence-corrected chi connectivity index (χ3v) is 4.40. The summed E-state index contributed by atoms with van der Waals surface area (Å²) in [5, 5.41) is 7.37. The van der Waals surface area contributed by atoms with Crippen molar-refractivity contribution in [2.75, 3.05) is 7.11 Å². The van der Waals surface area contributed by atoms with Gasteiger partial charge in [0.15, 0.2) is 0 Å². The van der Waals surface area contributed by atoms with E-state index in [0.717, 1.165) is 11.1 Å². The van der Waals surface area contributed by atoms with Gasteiger partial charge in [-0.2, -0.15) is 5.10 Å². The Balaban J connectivity index is 1.75. The van der Waals surface area contributed by atoms with Crippen LogP contribution >= 0.6 is 11.6 Å². The molecule has 0 saturated heterocycles. The molecule has 1 amide bonds. The first-order chi connectivity index (χ1) is 13.0. The summed E-state index contributed by atoms with van der Waals surface area (Å²) in [6, 6.07) is 9.62. The Morgan fingerprint density at radius 3 is 2.74 bits per heavy atom. The average molecular weight is 389 g/mol. The second-order valence-electron chi connectivity index (χ2n) is 5.89. The van der Waals surface area contributed by atoms with E-state index in [1.165, 1.54) is 23.9 Å². The van der Waals surface area contributed by atoms with Gasteiger partial charge in [-0.15, -0.1) is 0 Å². The van der Waals surface area contributed by atoms with Crippen molar-refractivity contribution in [2.24, 2.45) is 0 Å². The molecular weight excluding hydrogens is 371 g/mol. The van der Waals surface area contributed by atoms with Crippen LogP contribution in [0, 0.1) is 12.7 Å². The van der Waals surface area contributed by atoms with Crippen LogP contribution in [0.15, 0.2) is 42.6 Å². The predicted molar refractivity (Wildman–Crippen MR) is 99.4 cm³/mol. The molecule has 3 rings (SSSR count). The summed E-state index contributed by atoms with van der Waals surface area (Å²) in [5.74, 6) is -0.200. The SMILES string of the molecule is COc1ncccc1CNC(=O)c1c(C)nn(Cc2ccc(F)cc2)c1Cl.